The Kier molecular flexibility index (Phi) is 8.69. The molecule has 1 amide bonds. The SMILES string of the molecule is COc1cccc(C(=O)N(CCCN2CCOCC2)c2nc3cc(OC)ccc3s2)c1.Cl. The Hall–Kier alpha value is -2.39. The van der Waals surface area contributed by atoms with Crippen LogP contribution in [0, 0.1) is 0 Å². The number of benzene rings is 2. The Labute approximate surface area is 198 Å². The van der Waals surface area contributed by atoms with Gasteiger partial charge in [-0.3, -0.25) is 14.6 Å². The second-order valence-electron chi connectivity index (χ2n) is 7.33. The summed E-state index contributed by atoms with van der Waals surface area (Å²) in [7, 11) is 3.24. The van der Waals surface area contributed by atoms with Crippen LogP contribution in [0.15, 0.2) is 42.5 Å². The third kappa shape index (κ3) is 5.69. The molecule has 0 N–H and O–H groups in total. The molecular formula is C23H28ClN3O4S. The van der Waals surface area contributed by atoms with Crippen LogP contribution in [0.4, 0.5) is 5.13 Å². The lowest BCUT2D eigenvalue weighted by Crippen LogP contribution is -2.39. The zero-order chi connectivity index (χ0) is 21.6. The number of morpholine rings is 1. The number of methoxy groups -OCH3 is 2. The van der Waals surface area contributed by atoms with Crippen molar-refractivity contribution in [1.29, 1.82) is 0 Å². The molecule has 9 heteroatoms. The largest absolute Gasteiger partial charge is 0.497 e. The molecule has 1 saturated heterocycles. The van der Waals surface area contributed by atoms with Gasteiger partial charge in [0, 0.05) is 37.8 Å². The van der Waals surface area contributed by atoms with Gasteiger partial charge in [0.1, 0.15) is 11.5 Å². The van der Waals surface area contributed by atoms with Gasteiger partial charge in [-0.25, -0.2) is 4.98 Å². The fourth-order valence-corrected chi connectivity index (χ4v) is 4.58. The summed E-state index contributed by atoms with van der Waals surface area (Å²) < 4.78 is 17.1. The third-order valence-corrected chi connectivity index (χ3v) is 6.40. The topological polar surface area (TPSA) is 64.1 Å². The number of halogens is 1. The number of amides is 1. The minimum atomic E-state index is -0.0769. The number of carbonyl (C=O) groups is 1. The van der Waals surface area contributed by atoms with Crippen LogP contribution >= 0.6 is 23.7 Å². The first-order valence-electron chi connectivity index (χ1n) is 10.4. The van der Waals surface area contributed by atoms with E-state index in [1.807, 2.05) is 36.4 Å². The zero-order valence-corrected chi connectivity index (χ0v) is 19.9. The van der Waals surface area contributed by atoms with Crippen LogP contribution in [-0.2, 0) is 4.74 Å². The molecular weight excluding hydrogens is 450 g/mol. The smallest absolute Gasteiger partial charge is 0.260 e. The van der Waals surface area contributed by atoms with Crippen molar-refractivity contribution in [2.75, 3.05) is 58.5 Å². The summed E-state index contributed by atoms with van der Waals surface area (Å²) in [5.74, 6) is 1.34. The van der Waals surface area contributed by atoms with E-state index in [0.29, 0.717) is 23.0 Å². The van der Waals surface area contributed by atoms with Gasteiger partial charge in [0.15, 0.2) is 5.13 Å². The van der Waals surface area contributed by atoms with E-state index in [4.69, 9.17) is 19.2 Å². The van der Waals surface area contributed by atoms with Gasteiger partial charge in [0.2, 0.25) is 0 Å². The third-order valence-electron chi connectivity index (χ3n) is 5.34. The Morgan fingerprint density at radius 3 is 2.62 bits per heavy atom. The maximum absolute atomic E-state index is 13.5. The van der Waals surface area contributed by atoms with Crippen LogP contribution in [0.5, 0.6) is 11.5 Å². The van der Waals surface area contributed by atoms with E-state index in [9.17, 15) is 4.79 Å². The highest BCUT2D eigenvalue weighted by Gasteiger charge is 2.22. The first kappa shape index (κ1) is 24.3. The average Bonchev–Trinajstić information content (AvgIpc) is 3.25. The van der Waals surface area contributed by atoms with Gasteiger partial charge in [-0.1, -0.05) is 17.4 Å². The number of nitrogens with zero attached hydrogens (tertiary/aromatic N) is 3. The van der Waals surface area contributed by atoms with Crippen LogP contribution in [0.25, 0.3) is 10.2 Å². The maximum atomic E-state index is 13.5. The highest BCUT2D eigenvalue weighted by molar-refractivity contribution is 7.22. The van der Waals surface area contributed by atoms with Crippen molar-refractivity contribution in [3.63, 3.8) is 0 Å². The minimum absolute atomic E-state index is 0. The van der Waals surface area contributed by atoms with Crippen molar-refractivity contribution in [2.24, 2.45) is 0 Å². The standard InChI is InChI=1S/C23H27N3O4S.ClH/c1-28-18-6-3-5-17(15-18)22(27)26(10-4-9-25-11-13-30-14-12-25)23-24-20-16-19(29-2)7-8-21(20)31-23;/h3,5-8,15-16H,4,9-14H2,1-2H3;1H. The predicted octanol–water partition coefficient (Wildman–Crippen LogP) is 4.10. The fraction of sp³-hybridized carbons (Fsp3) is 0.391. The lowest BCUT2D eigenvalue weighted by molar-refractivity contribution is 0.0376. The highest BCUT2D eigenvalue weighted by Crippen LogP contribution is 2.32. The first-order chi connectivity index (χ1) is 15.2. The molecule has 172 valence electrons. The lowest BCUT2D eigenvalue weighted by Gasteiger charge is -2.27. The van der Waals surface area contributed by atoms with Gasteiger partial charge in [-0.15, -0.1) is 12.4 Å². The van der Waals surface area contributed by atoms with E-state index in [-0.39, 0.29) is 18.3 Å². The summed E-state index contributed by atoms with van der Waals surface area (Å²) in [6, 6.07) is 13.1. The van der Waals surface area contributed by atoms with E-state index in [1.54, 1.807) is 25.2 Å². The monoisotopic (exact) mass is 477 g/mol. The van der Waals surface area contributed by atoms with E-state index in [0.717, 1.165) is 55.2 Å². The molecule has 0 unspecified atom stereocenters. The van der Waals surface area contributed by atoms with Crippen LogP contribution in [0.2, 0.25) is 0 Å². The van der Waals surface area contributed by atoms with Gasteiger partial charge < -0.3 is 14.2 Å². The van der Waals surface area contributed by atoms with Crippen molar-refractivity contribution in [3.05, 3.63) is 48.0 Å². The molecule has 2 heterocycles. The van der Waals surface area contributed by atoms with Crippen molar-refractivity contribution in [3.8, 4) is 11.5 Å². The normalized spacial score (nSPS) is 14.1. The fourth-order valence-electron chi connectivity index (χ4n) is 3.61. The molecule has 1 aliphatic rings. The van der Waals surface area contributed by atoms with Gasteiger partial charge in [0.05, 0.1) is 37.6 Å². The molecule has 0 aliphatic carbocycles. The molecule has 0 bridgehead atoms. The van der Waals surface area contributed by atoms with Crippen molar-refractivity contribution < 1.29 is 19.0 Å². The molecule has 32 heavy (non-hydrogen) atoms. The lowest BCUT2D eigenvalue weighted by atomic mass is 10.2. The van der Waals surface area contributed by atoms with Crippen molar-refractivity contribution >= 4 is 45.0 Å². The minimum Gasteiger partial charge on any atom is -0.497 e. The summed E-state index contributed by atoms with van der Waals surface area (Å²) in [5.41, 5.74) is 1.42. The van der Waals surface area contributed by atoms with E-state index in [2.05, 4.69) is 4.90 Å². The van der Waals surface area contributed by atoms with E-state index >= 15 is 0 Å². The number of fused-ring (bicyclic) bond motifs is 1. The molecule has 1 aromatic heterocycles. The van der Waals surface area contributed by atoms with Crippen LogP contribution in [0.1, 0.15) is 16.8 Å². The Bertz CT molecular complexity index is 1040. The van der Waals surface area contributed by atoms with Crippen LogP contribution in [0.3, 0.4) is 0 Å². The molecule has 1 aliphatic heterocycles. The number of hydrogen-bond acceptors (Lipinski definition) is 7. The molecule has 4 rings (SSSR count). The number of rotatable bonds is 8. The Balaban J connectivity index is 0.00000289. The number of aromatic nitrogens is 1. The summed E-state index contributed by atoms with van der Waals surface area (Å²) in [6.45, 7) is 4.92. The number of anilines is 1. The highest BCUT2D eigenvalue weighted by atomic mass is 35.5. The van der Waals surface area contributed by atoms with Gasteiger partial charge >= 0.3 is 0 Å². The van der Waals surface area contributed by atoms with Crippen LogP contribution < -0.4 is 14.4 Å². The zero-order valence-electron chi connectivity index (χ0n) is 18.3. The second-order valence-corrected chi connectivity index (χ2v) is 8.34. The van der Waals surface area contributed by atoms with Gasteiger partial charge in [-0.2, -0.15) is 0 Å². The second kappa shape index (κ2) is 11.5. The Morgan fingerprint density at radius 2 is 1.88 bits per heavy atom. The molecule has 0 saturated carbocycles. The summed E-state index contributed by atoms with van der Waals surface area (Å²) in [5, 5.41) is 0.693. The summed E-state index contributed by atoms with van der Waals surface area (Å²) in [4.78, 5) is 22.4. The Morgan fingerprint density at radius 1 is 1.12 bits per heavy atom. The quantitative estimate of drug-likeness (QED) is 0.486. The number of ether oxygens (including phenoxy) is 3. The van der Waals surface area contributed by atoms with Crippen molar-refractivity contribution in [2.45, 2.75) is 6.42 Å². The van der Waals surface area contributed by atoms with E-state index in [1.165, 1.54) is 11.3 Å². The number of carbonyl (C=O) groups excluding carboxylic acids is 1. The first-order valence-corrected chi connectivity index (χ1v) is 11.2. The molecule has 1 fully saturated rings. The van der Waals surface area contributed by atoms with Gasteiger partial charge in [-0.05, 0) is 36.8 Å². The van der Waals surface area contributed by atoms with Crippen LogP contribution in [-0.4, -0.2) is 69.4 Å². The molecule has 0 radical (unpaired) electrons. The predicted molar refractivity (Wildman–Crippen MR) is 130 cm³/mol. The molecule has 0 atom stereocenters. The summed E-state index contributed by atoms with van der Waals surface area (Å²) in [6.07, 6.45) is 0.856. The molecule has 2 aromatic carbocycles. The summed E-state index contributed by atoms with van der Waals surface area (Å²) >= 11 is 1.52. The van der Waals surface area contributed by atoms with Gasteiger partial charge in [0.25, 0.3) is 5.91 Å². The molecule has 0 spiro atoms. The molecule has 3 aromatic rings. The average molecular weight is 478 g/mol. The number of hydrogen-bond donors (Lipinski definition) is 0. The maximum Gasteiger partial charge on any atom is 0.260 e. The number of thiazole rings is 1. The van der Waals surface area contributed by atoms with Crippen molar-refractivity contribution in [1.82, 2.24) is 9.88 Å². The van der Waals surface area contributed by atoms with E-state index < -0.39 is 0 Å². The molecule has 7 nitrogen and oxygen atoms in total.